The number of nitrogens with zero attached hydrogens (tertiary/aromatic N) is 2. The molecule has 0 bridgehead atoms. The predicted molar refractivity (Wildman–Crippen MR) is 99.5 cm³/mol. The number of hydrogen-bond donors (Lipinski definition) is 1. The number of aryl methyl sites for hydroxylation is 1. The van der Waals surface area contributed by atoms with Crippen LogP contribution in [0.5, 0.6) is 0 Å². The number of hydrogen-bond acceptors (Lipinski definition) is 3. The summed E-state index contributed by atoms with van der Waals surface area (Å²) < 4.78 is 38.5. The monoisotopic (exact) mass is 389 g/mol. The van der Waals surface area contributed by atoms with E-state index in [1.54, 1.807) is 11.1 Å². The second-order valence-electron chi connectivity index (χ2n) is 7.79. The van der Waals surface area contributed by atoms with E-state index in [1.807, 2.05) is 20.0 Å². The molecule has 148 valence electrons. The van der Waals surface area contributed by atoms with Crippen LogP contribution in [0.25, 0.3) is 11.1 Å². The van der Waals surface area contributed by atoms with E-state index >= 15 is 0 Å². The Kier molecular flexibility index (Phi) is 4.45. The molecule has 0 aliphatic carbocycles. The third kappa shape index (κ3) is 3.17. The smallest absolute Gasteiger partial charge is 0.344 e. The summed E-state index contributed by atoms with van der Waals surface area (Å²) in [5.41, 5.74) is 2.13. The number of carbonyl (C=O) groups is 1. The van der Waals surface area contributed by atoms with Crippen molar-refractivity contribution in [2.75, 3.05) is 13.6 Å². The number of carbonyl (C=O) groups excluding carboxylic acids is 1. The van der Waals surface area contributed by atoms with Crippen LogP contribution in [-0.2, 0) is 11.0 Å². The van der Waals surface area contributed by atoms with Gasteiger partial charge >= 0.3 is 6.18 Å². The van der Waals surface area contributed by atoms with Gasteiger partial charge in [0.1, 0.15) is 5.54 Å². The van der Waals surface area contributed by atoms with Crippen molar-refractivity contribution in [2.45, 2.75) is 43.9 Å². The number of nitrogens with one attached hydrogen (secondary N) is 1. The van der Waals surface area contributed by atoms with Gasteiger partial charge in [-0.1, -0.05) is 12.1 Å². The van der Waals surface area contributed by atoms with Crippen LogP contribution >= 0.6 is 0 Å². The first kappa shape index (κ1) is 18.9. The Morgan fingerprint density at radius 1 is 1.21 bits per heavy atom. The Bertz CT molecular complexity index is 910. The molecule has 2 aliphatic heterocycles. The molecular weight excluding hydrogens is 367 g/mol. The highest BCUT2D eigenvalue weighted by Gasteiger charge is 2.50. The molecule has 1 amide bonds. The normalized spacial score (nSPS) is 25.1. The maximum Gasteiger partial charge on any atom is 0.416 e. The second kappa shape index (κ2) is 6.58. The average molecular weight is 389 g/mol. The Morgan fingerprint density at radius 3 is 2.54 bits per heavy atom. The Morgan fingerprint density at radius 2 is 1.93 bits per heavy atom. The first-order valence-corrected chi connectivity index (χ1v) is 9.37. The Balaban J connectivity index is 1.61. The summed E-state index contributed by atoms with van der Waals surface area (Å²) >= 11 is 0. The zero-order valence-corrected chi connectivity index (χ0v) is 15.8. The molecule has 3 heterocycles. The summed E-state index contributed by atoms with van der Waals surface area (Å²) in [6.45, 7) is 2.64. The summed E-state index contributed by atoms with van der Waals surface area (Å²) in [7, 11) is 1.82. The van der Waals surface area contributed by atoms with E-state index in [-0.39, 0.29) is 11.9 Å². The first-order valence-electron chi connectivity index (χ1n) is 9.37. The average Bonchev–Trinajstić information content (AvgIpc) is 3.22. The van der Waals surface area contributed by atoms with Crippen molar-refractivity contribution in [3.05, 3.63) is 53.3 Å². The minimum absolute atomic E-state index is 0.0377. The van der Waals surface area contributed by atoms with Gasteiger partial charge in [0.25, 0.3) is 0 Å². The molecular formula is C21H22F3N3O. The molecule has 0 radical (unpaired) electrons. The van der Waals surface area contributed by atoms with Crippen LogP contribution in [0.1, 0.15) is 42.1 Å². The van der Waals surface area contributed by atoms with Crippen LogP contribution < -0.4 is 5.32 Å². The number of likely N-dealkylation sites (tertiary alicyclic amines) is 1. The highest BCUT2D eigenvalue weighted by Crippen LogP contribution is 2.39. The fourth-order valence-electron chi connectivity index (χ4n) is 4.27. The molecule has 0 saturated carbocycles. The summed E-state index contributed by atoms with van der Waals surface area (Å²) in [4.78, 5) is 18.8. The van der Waals surface area contributed by atoms with Gasteiger partial charge in [-0.2, -0.15) is 13.2 Å². The number of alkyl halides is 3. The molecule has 2 fully saturated rings. The van der Waals surface area contributed by atoms with Crippen LogP contribution in [0, 0.1) is 6.92 Å². The van der Waals surface area contributed by atoms with Crippen LogP contribution in [0.15, 0.2) is 36.5 Å². The largest absolute Gasteiger partial charge is 0.416 e. The molecule has 4 nitrogen and oxygen atoms in total. The highest BCUT2D eigenvalue weighted by atomic mass is 19.4. The van der Waals surface area contributed by atoms with Crippen molar-refractivity contribution >= 4 is 5.91 Å². The standard InChI is InChI=1S/C21H22F3N3O/c1-13-12-25-18(17-7-8-20(26-17)9-10-27(2)19(20)28)11-16(13)14-3-5-15(6-4-14)21(22,23)24/h3-6,11-12,17,26H,7-10H2,1-2H3/t17-,20-/m0/s1. The van der Waals surface area contributed by atoms with E-state index in [1.165, 1.54) is 12.1 Å². The number of likely N-dealkylation sites (N-methyl/N-ethyl adjacent to an activating group) is 1. The van der Waals surface area contributed by atoms with Gasteiger partial charge in [-0.3, -0.25) is 15.1 Å². The molecule has 1 aromatic carbocycles. The van der Waals surface area contributed by atoms with Crippen molar-refractivity contribution in [3.63, 3.8) is 0 Å². The predicted octanol–water partition coefficient (Wildman–Crippen LogP) is 4.10. The van der Waals surface area contributed by atoms with Gasteiger partial charge in [0.2, 0.25) is 5.91 Å². The third-order valence-electron chi connectivity index (χ3n) is 5.94. The quantitative estimate of drug-likeness (QED) is 0.841. The van der Waals surface area contributed by atoms with Gasteiger partial charge in [0, 0.05) is 19.8 Å². The number of halogens is 3. The van der Waals surface area contributed by atoms with E-state index in [4.69, 9.17) is 0 Å². The van der Waals surface area contributed by atoms with Crippen molar-refractivity contribution in [2.24, 2.45) is 0 Å². The fourth-order valence-corrected chi connectivity index (χ4v) is 4.27. The lowest BCUT2D eigenvalue weighted by Gasteiger charge is -2.23. The maximum absolute atomic E-state index is 12.8. The van der Waals surface area contributed by atoms with Crippen molar-refractivity contribution < 1.29 is 18.0 Å². The molecule has 28 heavy (non-hydrogen) atoms. The molecule has 2 aliphatic rings. The number of rotatable bonds is 2. The first-order chi connectivity index (χ1) is 13.2. The molecule has 0 unspecified atom stereocenters. The molecule has 1 aromatic heterocycles. The molecule has 1 N–H and O–H groups in total. The third-order valence-corrected chi connectivity index (χ3v) is 5.94. The summed E-state index contributed by atoms with van der Waals surface area (Å²) in [5.74, 6) is 0.130. The maximum atomic E-state index is 12.8. The molecule has 2 saturated heterocycles. The van der Waals surface area contributed by atoms with Gasteiger partial charge in [-0.15, -0.1) is 0 Å². The van der Waals surface area contributed by atoms with Crippen LogP contribution in [-0.4, -0.2) is 34.9 Å². The van der Waals surface area contributed by atoms with Crippen LogP contribution in [0.2, 0.25) is 0 Å². The number of amides is 1. The van der Waals surface area contributed by atoms with Gasteiger partial charge in [-0.05, 0) is 61.1 Å². The SMILES string of the molecule is Cc1cnc([C@@H]2CC[C@@]3(CCN(C)C3=O)N2)cc1-c1ccc(C(F)(F)F)cc1. The van der Waals surface area contributed by atoms with Crippen molar-refractivity contribution in [1.82, 2.24) is 15.2 Å². The molecule has 1 spiro atoms. The van der Waals surface area contributed by atoms with Crippen molar-refractivity contribution in [1.29, 1.82) is 0 Å². The van der Waals surface area contributed by atoms with Gasteiger partial charge in [-0.25, -0.2) is 0 Å². The minimum Gasteiger partial charge on any atom is -0.344 e. The van der Waals surface area contributed by atoms with Crippen molar-refractivity contribution in [3.8, 4) is 11.1 Å². The summed E-state index contributed by atoms with van der Waals surface area (Å²) in [6.07, 6.45) is -0.234. The second-order valence-corrected chi connectivity index (χ2v) is 7.79. The van der Waals surface area contributed by atoms with Crippen LogP contribution in [0.3, 0.4) is 0 Å². The fraction of sp³-hybridized carbons (Fsp3) is 0.429. The Labute approximate surface area is 161 Å². The summed E-state index contributed by atoms with van der Waals surface area (Å²) in [6, 6.07) is 7.08. The number of benzene rings is 1. The Hall–Kier alpha value is -2.41. The van der Waals surface area contributed by atoms with E-state index < -0.39 is 17.3 Å². The van der Waals surface area contributed by atoms with E-state index in [0.29, 0.717) is 0 Å². The van der Waals surface area contributed by atoms with E-state index in [2.05, 4.69) is 10.3 Å². The summed E-state index contributed by atoms with van der Waals surface area (Å²) in [5, 5.41) is 3.49. The highest BCUT2D eigenvalue weighted by molar-refractivity contribution is 5.88. The topological polar surface area (TPSA) is 45.2 Å². The van der Waals surface area contributed by atoms with Gasteiger partial charge in [0.15, 0.2) is 0 Å². The minimum atomic E-state index is -4.35. The van der Waals surface area contributed by atoms with E-state index in [0.717, 1.165) is 60.3 Å². The molecule has 4 rings (SSSR count). The molecule has 2 aromatic rings. The lowest BCUT2D eigenvalue weighted by molar-refractivity contribution is -0.137. The number of pyridine rings is 1. The van der Waals surface area contributed by atoms with E-state index in [9.17, 15) is 18.0 Å². The molecule has 7 heteroatoms. The zero-order valence-electron chi connectivity index (χ0n) is 15.8. The molecule has 2 atom stereocenters. The zero-order chi connectivity index (χ0) is 20.1. The van der Waals surface area contributed by atoms with Gasteiger partial charge < -0.3 is 4.90 Å². The lowest BCUT2D eigenvalue weighted by Crippen LogP contribution is -2.47. The van der Waals surface area contributed by atoms with Crippen LogP contribution in [0.4, 0.5) is 13.2 Å². The van der Waals surface area contributed by atoms with Gasteiger partial charge in [0.05, 0.1) is 17.3 Å². The number of aromatic nitrogens is 1. The lowest BCUT2D eigenvalue weighted by atomic mass is 9.96.